The van der Waals surface area contributed by atoms with Crippen molar-refractivity contribution in [2.24, 2.45) is 0 Å². The number of aryl methyl sites for hydroxylation is 2. The van der Waals surface area contributed by atoms with Gasteiger partial charge in [0.05, 0.1) is 10.4 Å². The number of fused-ring (bicyclic) bond motifs is 2. The van der Waals surface area contributed by atoms with Crippen LogP contribution in [0.3, 0.4) is 0 Å². The van der Waals surface area contributed by atoms with Crippen LogP contribution in [0.2, 0.25) is 0 Å². The third-order valence-electron chi connectivity index (χ3n) is 5.74. The molecule has 3 aromatic carbocycles. The van der Waals surface area contributed by atoms with E-state index in [1.807, 2.05) is 31.2 Å². The SMILES string of the molecule is Cc1ccc(-c2ccccc2S(=O)(=O)n2cc(CCC(=O)O)c3cc4c(cc32)OCO4)cc1. The smallest absolute Gasteiger partial charge is 0.303 e. The molecule has 1 aromatic heterocycles. The molecule has 0 amide bonds. The molecule has 1 aliphatic heterocycles. The third kappa shape index (κ3) is 3.72. The van der Waals surface area contributed by atoms with Gasteiger partial charge in [-0.3, -0.25) is 4.79 Å². The highest BCUT2D eigenvalue weighted by Crippen LogP contribution is 2.40. The van der Waals surface area contributed by atoms with E-state index in [4.69, 9.17) is 14.6 Å². The van der Waals surface area contributed by atoms with Crippen molar-refractivity contribution in [2.75, 3.05) is 6.79 Å². The second-order valence-electron chi connectivity index (χ2n) is 7.93. The van der Waals surface area contributed by atoms with Gasteiger partial charge in [-0.05, 0) is 36.6 Å². The van der Waals surface area contributed by atoms with Gasteiger partial charge in [0.1, 0.15) is 0 Å². The number of aromatic nitrogens is 1. The normalized spacial score (nSPS) is 12.9. The highest BCUT2D eigenvalue weighted by molar-refractivity contribution is 7.90. The maximum Gasteiger partial charge on any atom is 0.303 e. The van der Waals surface area contributed by atoms with Crippen molar-refractivity contribution in [2.45, 2.75) is 24.7 Å². The Morgan fingerprint density at radius 2 is 1.73 bits per heavy atom. The van der Waals surface area contributed by atoms with Crippen LogP contribution in [0.15, 0.2) is 71.8 Å². The average Bonchev–Trinajstić information content (AvgIpc) is 3.41. The van der Waals surface area contributed by atoms with Gasteiger partial charge in [-0.2, -0.15) is 0 Å². The molecule has 0 fully saturated rings. The molecule has 0 bridgehead atoms. The van der Waals surface area contributed by atoms with E-state index >= 15 is 0 Å². The van der Waals surface area contributed by atoms with E-state index in [0.29, 0.717) is 33.5 Å². The molecule has 0 spiro atoms. The first-order valence-electron chi connectivity index (χ1n) is 10.4. The van der Waals surface area contributed by atoms with Crippen LogP contribution in [0.1, 0.15) is 17.5 Å². The summed E-state index contributed by atoms with van der Waals surface area (Å²) in [6.45, 7) is 2.02. The van der Waals surface area contributed by atoms with Gasteiger partial charge in [0, 0.05) is 29.6 Å². The van der Waals surface area contributed by atoms with Crippen LogP contribution in [0.25, 0.3) is 22.0 Å². The summed E-state index contributed by atoms with van der Waals surface area (Å²) in [5, 5.41) is 9.78. The number of carbonyl (C=O) groups is 1. The van der Waals surface area contributed by atoms with Gasteiger partial charge < -0.3 is 14.6 Å². The zero-order valence-electron chi connectivity index (χ0n) is 17.8. The molecule has 1 aliphatic rings. The molecule has 7 nitrogen and oxygen atoms in total. The quantitative estimate of drug-likeness (QED) is 0.449. The lowest BCUT2D eigenvalue weighted by Crippen LogP contribution is -2.13. The maximum atomic E-state index is 13.9. The Morgan fingerprint density at radius 3 is 2.45 bits per heavy atom. The minimum Gasteiger partial charge on any atom is -0.481 e. The number of benzene rings is 3. The van der Waals surface area contributed by atoms with Crippen molar-refractivity contribution >= 4 is 26.9 Å². The standard InChI is InChI=1S/C25H21NO6S/c1-16-6-8-17(9-7-16)19-4-2-3-5-24(19)33(29,30)26-14-18(10-11-25(27)28)20-12-22-23(13-21(20)26)32-15-31-22/h2-9,12-14H,10-11,15H2,1H3,(H,27,28). The number of carboxylic acids is 1. The lowest BCUT2D eigenvalue weighted by atomic mass is 10.0. The fraction of sp³-hybridized carbons (Fsp3) is 0.160. The van der Waals surface area contributed by atoms with Gasteiger partial charge in [-0.15, -0.1) is 0 Å². The Balaban J connectivity index is 1.71. The van der Waals surface area contributed by atoms with E-state index in [1.165, 1.54) is 10.2 Å². The van der Waals surface area contributed by atoms with E-state index < -0.39 is 16.0 Å². The predicted octanol–water partition coefficient (Wildman–Crippen LogP) is 4.60. The Kier molecular flexibility index (Phi) is 5.09. The van der Waals surface area contributed by atoms with E-state index in [1.54, 1.807) is 36.4 Å². The van der Waals surface area contributed by atoms with E-state index in [9.17, 15) is 13.2 Å². The van der Waals surface area contributed by atoms with Crippen LogP contribution in [-0.2, 0) is 21.2 Å². The second kappa shape index (κ2) is 7.97. The van der Waals surface area contributed by atoms with Crippen molar-refractivity contribution < 1.29 is 27.8 Å². The molecule has 0 unspecified atom stereocenters. The molecule has 5 rings (SSSR count). The zero-order valence-corrected chi connectivity index (χ0v) is 18.6. The summed E-state index contributed by atoms with van der Waals surface area (Å²) >= 11 is 0. The lowest BCUT2D eigenvalue weighted by molar-refractivity contribution is -0.136. The Hall–Kier alpha value is -3.78. The number of ether oxygens (including phenoxy) is 2. The molecular weight excluding hydrogens is 442 g/mol. The Bertz CT molecular complexity index is 1490. The number of hydrogen-bond donors (Lipinski definition) is 1. The van der Waals surface area contributed by atoms with E-state index in [-0.39, 0.29) is 24.5 Å². The summed E-state index contributed by atoms with van der Waals surface area (Å²) in [6.07, 6.45) is 1.57. The molecule has 0 radical (unpaired) electrons. The number of hydrogen-bond acceptors (Lipinski definition) is 5. The van der Waals surface area contributed by atoms with Crippen LogP contribution in [-0.4, -0.2) is 30.3 Å². The summed E-state index contributed by atoms with van der Waals surface area (Å²) in [4.78, 5) is 11.3. The largest absolute Gasteiger partial charge is 0.481 e. The minimum atomic E-state index is -4.02. The highest BCUT2D eigenvalue weighted by Gasteiger charge is 2.27. The summed E-state index contributed by atoms with van der Waals surface area (Å²) in [5.41, 5.74) is 3.49. The van der Waals surface area contributed by atoms with Gasteiger partial charge in [0.2, 0.25) is 6.79 Å². The highest BCUT2D eigenvalue weighted by atomic mass is 32.2. The van der Waals surface area contributed by atoms with Gasteiger partial charge in [0.25, 0.3) is 10.0 Å². The minimum absolute atomic E-state index is 0.0510. The van der Waals surface area contributed by atoms with Crippen LogP contribution < -0.4 is 9.47 Å². The summed E-state index contributed by atoms with van der Waals surface area (Å²) in [5.74, 6) is 0.00662. The fourth-order valence-electron chi connectivity index (χ4n) is 4.06. The topological polar surface area (TPSA) is 94.8 Å². The average molecular weight is 464 g/mol. The third-order valence-corrected chi connectivity index (χ3v) is 7.47. The van der Waals surface area contributed by atoms with Gasteiger partial charge in [-0.1, -0.05) is 48.0 Å². The number of rotatable bonds is 6. The van der Waals surface area contributed by atoms with E-state index in [2.05, 4.69) is 0 Å². The molecule has 0 saturated heterocycles. The molecule has 2 heterocycles. The molecule has 4 aromatic rings. The first kappa shape index (κ1) is 21.1. The fourth-order valence-corrected chi connectivity index (χ4v) is 5.66. The molecule has 33 heavy (non-hydrogen) atoms. The van der Waals surface area contributed by atoms with Crippen LogP contribution in [0.5, 0.6) is 11.5 Å². The monoisotopic (exact) mass is 463 g/mol. The summed E-state index contributed by atoms with van der Waals surface area (Å²) < 4.78 is 40.0. The van der Waals surface area contributed by atoms with Crippen molar-refractivity contribution in [3.8, 4) is 22.6 Å². The summed E-state index contributed by atoms with van der Waals surface area (Å²) in [6, 6.07) is 17.9. The second-order valence-corrected chi connectivity index (χ2v) is 9.72. The predicted molar refractivity (Wildman–Crippen MR) is 123 cm³/mol. The number of aliphatic carboxylic acids is 1. The van der Waals surface area contributed by atoms with Gasteiger partial charge >= 0.3 is 5.97 Å². The zero-order chi connectivity index (χ0) is 23.2. The number of carboxylic acid groups (broad SMARTS) is 1. The van der Waals surface area contributed by atoms with Crippen LogP contribution in [0, 0.1) is 6.92 Å². The first-order chi connectivity index (χ1) is 15.8. The Morgan fingerprint density at radius 1 is 1.03 bits per heavy atom. The summed E-state index contributed by atoms with van der Waals surface area (Å²) in [7, 11) is -4.02. The molecule has 0 atom stereocenters. The lowest BCUT2D eigenvalue weighted by Gasteiger charge is -2.13. The van der Waals surface area contributed by atoms with Gasteiger partial charge in [-0.25, -0.2) is 12.4 Å². The number of nitrogens with zero attached hydrogens (tertiary/aromatic N) is 1. The van der Waals surface area contributed by atoms with Crippen LogP contribution in [0.4, 0.5) is 0 Å². The molecule has 0 saturated carbocycles. The molecular formula is C25H21NO6S. The maximum absolute atomic E-state index is 13.9. The molecule has 0 aliphatic carbocycles. The van der Waals surface area contributed by atoms with Crippen LogP contribution >= 0.6 is 0 Å². The first-order valence-corrected chi connectivity index (χ1v) is 11.9. The van der Waals surface area contributed by atoms with Crippen molar-refractivity contribution in [3.05, 3.63) is 78.0 Å². The molecule has 1 N–H and O–H groups in total. The van der Waals surface area contributed by atoms with Crippen molar-refractivity contribution in [3.63, 3.8) is 0 Å². The van der Waals surface area contributed by atoms with Crippen molar-refractivity contribution in [1.82, 2.24) is 3.97 Å². The molecule has 168 valence electrons. The van der Waals surface area contributed by atoms with Crippen molar-refractivity contribution in [1.29, 1.82) is 0 Å². The molecule has 8 heteroatoms. The Labute approximate surface area is 190 Å². The van der Waals surface area contributed by atoms with Gasteiger partial charge in [0.15, 0.2) is 11.5 Å². The van der Waals surface area contributed by atoms with E-state index in [0.717, 1.165) is 11.1 Å².